The van der Waals surface area contributed by atoms with Gasteiger partial charge in [-0.2, -0.15) is 0 Å². The van der Waals surface area contributed by atoms with Crippen LogP contribution in [0.4, 0.5) is 0 Å². The van der Waals surface area contributed by atoms with Crippen molar-refractivity contribution in [3.05, 3.63) is 29.9 Å². The van der Waals surface area contributed by atoms with Crippen molar-refractivity contribution in [3.8, 4) is 0 Å². The molecule has 2 aromatic rings. The predicted molar refractivity (Wildman–Crippen MR) is 60.8 cm³/mol. The summed E-state index contributed by atoms with van der Waals surface area (Å²) in [5.41, 5.74) is 2.14. The fraction of sp³-hybridized carbons (Fsp3) is 0.417. The van der Waals surface area contributed by atoms with Crippen molar-refractivity contribution < 1.29 is 4.42 Å². The van der Waals surface area contributed by atoms with Gasteiger partial charge in [0.05, 0.1) is 0 Å². The molecule has 1 aromatic heterocycles. The molecule has 0 radical (unpaired) electrons. The van der Waals surface area contributed by atoms with Crippen LogP contribution in [0.25, 0.3) is 10.9 Å². The van der Waals surface area contributed by atoms with E-state index in [1.807, 2.05) is 18.2 Å². The molecule has 0 N–H and O–H groups in total. The van der Waals surface area contributed by atoms with Gasteiger partial charge in [-0.3, -0.25) is 0 Å². The van der Waals surface area contributed by atoms with E-state index in [1.54, 1.807) is 0 Å². The Morgan fingerprint density at radius 1 is 1.21 bits per heavy atom. The van der Waals surface area contributed by atoms with Gasteiger partial charge in [0, 0.05) is 0 Å². The first kappa shape index (κ1) is 9.51. The molecular formula is C12H15BO. The standard InChI is InChI=1S/C12H15BO/c1-2-3-4-9-12-13-10-7-5-6-8-11(10)14-12/h5-8H,2-4,9H2,1H3. The van der Waals surface area contributed by atoms with Gasteiger partial charge in [-0.1, -0.05) is 0 Å². The fourth-order valence-corrected chi connectivity index (χ4v) is 1.71. The first-order valence-corrected chi connectivity index (χ1v) is 5.37. The number of hydrogen-bond donors (Lipinski definition) is 0. The molecular weight excluding hydrogens is 171 g/mol. The van der Waals surface area contributed by atoms with Crippen LogP contribution in [0.5, 0.6) is 0 Å². The van der Waals surface area contributed by atoms with Crippen molar-refractivity contribution in [2.24, 2.45) is 0 Å². The summed E-state index contributed by atoms with van der Waals surface area (Å²) < 4.78 is 5.71. The summed E-state index contributed by atoms with van der Waals surface area (Å²) >= 11 is 0. The number of rotatable bonds is 4. The van der Waals surface area contributed by atoms with Gasteiger partial charge in [-0.15, -0.1) is 0 Å². The average Bonchev–Trinajstić information content (AvgIpc) is 2.60. The van der Waals surface area contributed by atoms with Crippen molar-refractivity contribution in [1.29, 1.82) is 0 Å². The van der Waals surface area contributed by atoms with Crippen LogP contribution in [0.15, 0.2) is 28.7 Å². The molecule has 0 aliphatic heterocycles. The molecule has 0 spiro atoms. The van der Waals surface area contributed by atoms with Crippen LogP contribution in [-0.4, -0.2) is 6.91 Å². The Hall–Kier alpha value is -1.05. The SMILES string of the molecule is CCCCCc1bc2ccccc2o1. The second-order valence-corrected chi connectivity index (χ2v) is 3.71. The van der Waals surface area contributed by atoms with E-state index in [1.165, 1.54) is 24.5 Å². The first-order valence-electron chi connectivity index (χ1n) is 5.37. The quantitative estimate of drug-likeness (QED) is 0.666. The zero-order valence-corrected chi connectivity index (χ0v) is 8.62. The number of fused-ring (bicyclic) bond motifs is 1. The molecule has 0 aliphatic rings. The Morgan fingerprint density at radius 2 is 2.07 bits per heavy atom. The fourth-order valence-electron chi connectivity index (χ4n) is 1.71. The van der Waals surface area contributed by atoms with E-state index in [0.717, 1.165) is 17.7 Å². The van der Waals surface area contributed by atoms with Gasteiger partial charge >= 0.3 is 84.7 Å². The summed E-state index contributed by atoms with van der Waals surface area (Å²) in [5, 5.41) is 1.22. The topological polar surface area (TPSA) is 13.1 Å². The predicted octanol–water partition coefficient (Wildman–Crippen LogP) is 3.50. The molecule has 1 heterocycles. The summed E-state index contributed by atoms with van der Waals surface area (Å²) in [4.78, 5) is 0. The molecule has 0 unspecified atom stereocenters. The molecule has 0 saturated heterocycles. The van der Waals surface area contributed by atoms with E-state index >= 15 is 0 Å². The average molecular weight is 186 g/mol. The van der Waals surface area contributed by atoms with Crippen molar-refractivity contribution in [1.82, 2.24) is 0 Å². The van der Waals surface area contributed by atoms with Gasteiger partial charge in [0.1, 0.15) is 0 Å². The number of unbranched alkanes of at least 4 members (excludes halogenated alkanes) is 2. The Labute approximate surface area is 85.3 Å². The molecule has 2 rings (SSSR count). The Kier molecular flexibility index (Phi) is 3.02. The Bertz CT molecular complexity index is 372. The van der Waals surface area contributed by atoms with Crippen LogP contribution >= 0.6 is 0 Å². The van der Waals surface area contributed by atoms with Crippen LogP contribution in [0.1, 0.15) is 31.8 Å². The van der Waals surface area contributed by atoms with Crippen molar-refractivity contribution in [2.45, 2.75) is 32.6 Å². The van der Waals surface area contributed by atoms with E-state index < -0.39 is 0 Å². The zero-order valence-electron chi connectivity index (χ0n) is 8.62. The van der Waals surface area contributed by atoms with Gasteiger partial charge in [0.25, 0.3) is 0 Å². The summed E-state index contributed by atoms with van der Waals surface area (Å²) in [6.45, 7) is 4.38. The molecule has 72 valence electrons. The van der Waals surface area contributed by atoms with Crippen molar-refractivity contribution >= 4 is 17.8 Å². The van der Waals surface area contributed by atoms with Crippen LogP contribution < -0.4 is 0 Å². The summed E-state index contributed by atoms with van der Waals surface area (Å²) in [6, 6.07) is 8.19. The first-order chi connectivity index (χ1) is 6.90. The maximum absolute atomic E-state index is 5.71. The van der Waals surface area contributed by atoms with E-state index in [9.17, 15) is 0 Å². The van der Waals surface area contributed by atoms with Gasteiger partial charge in [-0.05, 0) is 0 Å². The Balaban J connectivity index is 2.11. The molecule has 0 atom stereocenters. The second-order valence-electron chi connectivity index (χ2n) is 3.71. The number of para-hydroxylation sites is 1. The molecule has 0 fully saturated rings. The van der Waals surface area contributed by atoms with Crippen molar-refractivity contribution in [2.75, 3.05) is 0 Å². The van der Waals surface area contributed by atoms with E-state index in [2.05, 4.69) is 19.9 Å². The third-order valence-electron chi connectivity index (χ3n) is 2.50. The van der Waals surface area contributed by atoms with Crippen LogP contribution in [0, 0.1) is 0 Å². The number of benzene rings is 1. The molecule has 1 nitrogen and oxygen atoms in total. The normalized spacial score (nSPS) is 10.6. The number of aryl methyl sites for hydroxylation is 1. The molecule has 2 heteroatoms. The van der Waals surface area contributed by atoms with Crippen LogP contribution in [0.2, 0.25) is 0 Å². The van der Waals surface area contributed by atoms with Gasteiger partial charge in [-0.25, -0.2) is 0 Å². The summed E-state index contributed by atoms with van der Waals surface area (Å²) in [5.74, 6) is 0. The van der Waals surface area contributed by atoms with E-state index in [-0.39, 0.29) is 0 Å². The zero-order chi connectivity index (χ0) is 9.80. The summed E-state index contributed by atoms with van der Waals surface area (Å²) in [6.07, 6.45) is 4.86. The second kappa shape index (κ2) is 4.45. The monoisotopic (exact) mass is 186 g/mol. The number of hydrogen-bond acceptors (Lipinski definition) is 1. The third-order valence-corrected chi connectivity index (χ3v) is 2.50. The molecule has 1 aromatic carbocycles. The van der Waals surface area contributed by atoms with Gasteiger partial charge in [0.15, 0.2) is 0 Å². The minimum absolute atomic E-state index is 1.01. The van der Waals surface area contributed by atoms with Crippen molar-refractivity contribution in [3.63, 3.8) is 0 Å². The minimum atomic E-state index is 1.01. The van der Waals surface area contributed by atoms with Crippen LogP contribution in [-0.2, 0) is 6.42 Å². The molecule has 14 heavy (non-hydrogen) atoms. The van der Waals surface area contributed by atoms with Gasteiger partial charge < -0.3 is 0 Å². The Morgan fingerprint density at radius 3 is 2.86 bits per heavy atom. The maximum atomic E-state index is 5.71. The van der Waals surface area contributed by atoms with Crippen LogP contribution in [0.3, 0.4) is 0 Å². The molecule has 0 amide bonds. The van der Waals surface area contributed by atoms with E-state index in [0.29, 0.717) is 0 Å². The molecule has 0 saturated carbocycles. The molecule has 0 aliphatic carbocycles. The van der Waals surface area contributed by atoms with E-state index in [4.69, 9.17) is 4.42 Å². The molecule has 0 bridgehead atoms. The van der Waals surface area contributed by atoms with Gasteiger partial charge in [0.2, 0.25) is 0 Å². The third kappa shape index (κ3) is 2.06. The summed E-state index contributed by atoms with van der Waals surface area (Å²) in [7, 11) is 0.